The Kier molecular flexibility index (Phi) is 6.18. The molecule has 0 fully saturated rings. The van der Waals surface area contributed by atoms with Crippen LogP contribution in [-0.2, 0) is 11.4 Å². The summed E-state index contributed by atoms with van der Waals surface area (Å²) < 4.78 is 6.88. The Bertz CT molecular complexity index is 1040. The van der Waals surface area contributed by atoms with Gasteiger partial charge in [-0.2, -0.15) is 10.4 Å². The molecule has 5 nitrogen and oxygen atoms in total. The maximum Gasteiger partial charge on any atom is 0.254 e. The van der Waals surface area contributed by atoms with Gasteiger partial charge in [-0.3, -0.25) is 4.79 Å². The van der Waals surface area contributed by atoms with Gasteiger partial charge in [-0.1, -0.05) is 58.4 Å². The van der Waals surface area contributed by atoms with Crippen LogP contribution in [0.15, 0.2) is 70.2 Å². The molecule has 1 N–H and O–H groups in total. The molecule has 1 amide bonds. The molecule has 0 bridgehead atoms. The summed E-state index contributed by atoms with van der Waals surface area (Å²) in [6, 6.07) is 21.6. The first-order chi connectivity index (χ1) is 13.2. The molecule has 0 spiro atoms. The van der Waals surface area contributed by atoms with E-state index in [-0.39, 0.29) is 6.42 Å². The fraction of sp³-hybridized carbons (Fsp3) is 0.0952. The highest BCUT2D eigenvalue weighted by atomic mass is 79.9. The van der Waals surface area contributed by atoms with Gasteiger partial charge in [0, 0.05) is 10.0 Å². The van der Waals surface area contributed by atoms with E-state index in [0.29, 0.717) is 17.9 Å². The van der Waals surface area contributed by atoms with Crippen LogP contribution in [0.25, 0.3) is 10.8 Å². The van der Waals surface area contributed by atoms with Crippen molar-refractivity contribution in [2.75, 3.05) is 0 Å². The number of hydrogen-bond donors (Lipinski definition) is 1. The molecular formula is C21H16BrN3O2. The second-order valence-corrected chi connectivity index (χ2v) is 6.65. The van der Waals surface area contributed by atoms with E-state index in [4.69, 9.17) is 10.00 Å². The summed E-state index contributed by atoms with van der Waals surface area (Å²) in [4.78, 5) is 11.3. The molecule has 27 heavy (non-hydrogen) atoms. The minimum Gasteiger partial charge on any atom is -0.488 e. The van der Waals surface area contributed by atoms with Crippen molar-refractivity contribution in [1.29, 1.82) is 5.26 Å². The number of halogens is 1. The number of amides is 1. The summed E-state index contributed by atoms with van der Waals surface area (Å²) in [5.41, 5.74) is 4.11. The zero-order chi connectivity index (χ0) is 19.1. The van der Waals surface area contributed by atoms with Gasteiger partial charge in [-0.05, 0) is 34.5 Å². The monoisotopic (exact) mass is 421 g/mol. The number of rotatable bonds is 6. The predicted molar refractivity (Wildman–Crippen MR) is 108 cm³/mol. The highest BCUT2D eigenvalue weighted by molar-refractivity contribution is 9.10. The van der Waals surface area contributed by atoms with Crippen molar-refractivity contribution in [2.45, 2.75) is 13.0 Å². The Hall–Kier alpha value is -3.17. The van der Waals surface area contributed by atoms with Crippen molar-refractivity contribution in [1.82, 2.24) is 5.43 Å². The number of hydrogen-bond acceptors (Lipinski definition) is 4. The Morgan fingerprint density at radius 1 is 1.19 bits per heavy atom. The zero-order valence-electron chi connectivity index (χ0n) is 14.4. The summed E-state index contributed by atoms with van der Waals surface area (Å²) in [5, 5.41) is 14.7. The fourth-order valence-electron chi connectivity index (χ4n) is 2.61. The SMILES string of the molecule is N#CCC(=O)N/N=C/c1cc(Br)ccc1OCc1cccc2ccccc12. The van der Waals surface area contributed by atoms with Crippen molar-refractivity contribution >= 4 is 38.8 Å². The van der Waals surface area contributed by atoms with Gasteiger partial charge in [0.15, 0.2) is 0 Å². The van der Waals surface area contributed by atoms with Crippen LogP contribution in [0.4, 0.5) is 0 Å². The number of ether oxygens (including phenoxy) is 1. The van der Waals surface area contributed by atoms with Gasteiger partial charge in [0.2, 0.25) is 0 Å². The number of nitriles is 1. The Balaban J connectivity index is 1.77. The molecule has 0 aliphatic carbocycles. The largest absolute Gasteiger partial charge is 0.488 e. The lowest BCUT2D eigenvalue weighted by Crippen LogP contribution is -2.16. The summed E-state index contributed by atoms with van der Waals surface area (Å²) >= 11 is 3.42. The number of nitrogens with one attached hydrogen (secondary N) is 1. The highest BCUT2D eigenvalue weighted by Gasteiger charge is 2.06. The zero-order valence-corrected chi connectivity index (χ0v) is 15.9. The lowest BCUT2D eigenvalue weighted by molar-refractivity contribution is -0.120. The van der Waals surface area contributed by atoms with Crippen LogP contribution in [0.3, 0.4) is 0 Å². The maximum absolute atomic E-state index is 11.3. The standard InChI is InChI=1S/C21H16BrN3O2/c22-18-8-9-20(17(12-18)13-24-25-21(26)10-11-23)27-14-16-6-3-5-15-4-1-2-7-19(15)16/h1-9,12-13H,10,14H2,(H,25,26)/b24-13+. The van der Waals surface area contributed by atoms with E-state index < -0.39 is 5.91 Å². The van der Waals surface area contributed by atoms with Crippen molar-refractivity contribution in [3.05, 3.63) is 76.3 Å². The topological polar surface area (TPSA) is 74.5 Å². The molecule has 0 saturated heterocycles. The number of benzene rings is 3. The van der Waals surface area contributed by atoms with Gasteiger partial charge in [0.1, 0.15) is 18.8 Å². The van der Waals surface area contributed by atoms with Crippen molar-refractivity contribution in [3.63, 3.8) is 0 Å². The molecule has 3 rings (SSSR count). The maximum atomic E-state index is 11.3. The second kappa shape index (κ2) is 8.97. The number of carbonyl (C=O) groups excluding carboxylic acids is 1. The highest BCUT2D eigenvalue weighted by Crippen LogP contribution is 2.25. The van der Waals surface area contributed by atoms with E-state index in [1.807, 2.05) is 42.5 Å². The quantitative estimate of drug-likeness (QED) is 0.468. The van der Waals surface area contributed by atoms with Crippen LogP contribution in [0.1, 0.15) is 17.5 Å². The van der Waals surface area contributed by atoms with E-state index in [9.17, 15) is 4.79 Å². The molecule has 0 heterocycles. The predicted octanol–water partition coefficient (Wildman–Crippen LogP) is 4.55. The summed E-state index contributed by atoms with van der Waals surface area (Å²) in [7, 11) is 0. The number of nitrogens with zero attached hydrogens (tertiary/aromatic N) is 2. The third-order valence-electron chi connectivity index (χ3n) is 3.87. The molecule has 0 aliphatic rings. The van der Waals surface area contributed by atoms with Crippen LogP contribution >= 0.6 is 15.9 Å². The molecule has 0 aliphatic heterocycles. The third-order valence-corrected chi connectivity index (χ3v) is 4.36. The number of carbonyl (C=O) groups is 1. The molecular weight excluding hydrogens is 406 g/mol. The van der Waals surface area contributed by atoms with E-state index in [2.05, 4.69) is 44.7 Å². The average Bonchev–Trinajstić information content (AvgIpc) is 2.67. The first kappa shape index (κ1) is 18.6. The Morgan fingerprint density at radius 2 is 2.00 bits per heavy atom. The molecule has 3 aromatic rings. The summed E-state index contributed by atoms with van der Waals surface area (Å²) in [6.07, 6.45) is 1.26. The number of hydrazone groups is 1. The van der Waals surface area contributed by atoms with E-state index in [1.165, 1.54) is 6.21 Å². The Morgan fingerprint density at radius 3 is 2.85 bits per heavy atom. The Labute approximate surface area is 165 Å². The fourth-order valence-corrected chi connectivity index (χ4v) is 2.99. The molecule has 134 valence electrons. The minimum atomic E-state index is -0.457. The van der Waals surface area contributed by atoms with Gasteiger partial charge in [-0.15, -0.1) is 0 Å². The number of fused-ring (bicyclic) bond motifs is 1. The van der Waals surface area contributed by atoms with Crippen molar-refractivity contribution in [3.8, 4) is 11.8 Å². The first-order valence-corrected chi connectivity index (χ1v) is 9.04. The molecule has 0 radical (unpaired) electrons. The summed E-state index contributed by atoms with van der Waals surface area (Å²) in [6.45, 7) is 0.407. The summed E-state index contributed by atoms with van der Waals surface area (Å²) in [5.74, 6) is 0.186. The molecule has 6 heteroatoms. The van der Waals surface area contributed by atoms with Crippen LogP contribution < -0.4 is 10.2 Å². The van der Waals surface area contributed by atoms with Gasteiger partial charge in [0.25, 0.3) is 5.91 Å². The lowest BCUT2D eigenvalue weighted by Gasteiger charge is -2.11. The average molecular weight is 422 g/mol. The normalized spacial score (nSPS) is 10.7. The van der Waals surface area contributed by atoms with Gasteiger partial charge < -0.3 is 4.74 Å². The van der Waals surface area contributed by atoms with E-state index in [1.54, 1.807) is 6.07 Å². The van der Waals surface area contributed by atoms with Gasteiger partial charge in [-0.25, -0.2) is 5.43 Å². The first-order valence-electron chi connectivity index (χ1n) is 8.25. The molecule has 3 aromatic carbocycles. The van der Waals surface area contributed by atoms with Crippen molar-refractivity contribution in [2.24, 2.45) is 5.10 Å². The van der Waals surface area contributed by atoms with E-state index in [0.717, 1.165) is 20.8 Å². The van der Waals surface area contributed by atoms with Crippen LogP contribution in [-0.4, -0.2) is 12.1 Å². The molecule has 0 unspecified atom stereocenters. The van der Waals surface area contributed by atoms with Gasteiger partial charge >= 0.3 is 0 Å². The van der Waals surface area contributed by atoms with E-state index >= 15 is 0 Å². The smallest absolute Gasteiger partial charge is 0.254 e. The lowest BCUT2D eigenvalue weighted by atomic mass is 10.1. The molecule has 0 saturated carbocycles. The molecule has 0 atom stereocenters. The van der Waals surface area contributed by atoms with Crippen LogP contribution in [0.5, 0.6) is 5.75 Å². The molecule has 0 aromatic heterocycles. The van der Waals surface area contributed by atoms with Crippen LogP contribution in [0.2, 0.25) is 0 Å². The third kappa shape index (κ3) is 4.93. The van der Waals surface area contributed by atoms with Crippen LogP contribution in [0, 0.1) is 11.3 Å². The second-order valence-electron chi connectivity index (χ2n) is 5.74. The van der Waals surface area contributed by atoms with Crippen molar-refractivity contribution < 1.29 is 9.53 Å². The van der Waals surface area contributed by atoms with Gasteiger partial charge in [0.05, 0.1) is 12.3 Å². The minimum absolute atomic E-state index is 0.236.